The molecule has 1 heterocycles. The van der Waals surface area contributed by atoms with Gasteiger partial charge in [0.15, 0.2) is 0 Å². The topological polar surface area (TPSA) is 72.9 Å². The molecule has 0 aliphatic heterocycles. The smallest absolute Gasteiger partial charge is 0.349 e. The van der Waals surface area contributed by atoms with Crippen molar-refractivity contribution >= 4 is 27.3 Å². The van der Waals surface area contributed by atoms with Gasteiger partial charge in [0.2, 0.25) is 10.0 Å². The lowest BCUT2D eigenvalue weighted by molar-refractivity contribution is 0.0602. The summed E-state index contributed by atoms with van der Waals surface area (Å²) in [4.78, 5) is 11.5. The van der Waals surface area contributed by atoms with Crippen molar-refractivity contribution in [1.82, 2.24) is 4.31 Å². The van der Waals surface area contributed by atoms with E-state index in [2.05, 4.69) is 4.74 Å². The van der Waals surface area contributed by atoms with Crippen LogP contribution in [0.5, 0.6) is 0 Å². The highest BCUT2D eigenvalue weighted by molar-refractivity contribution is 7.89. The minimum Gasteiger partial charge on any atom is -0.465 e. The lowest BCUT2D eigenvalue weighted by Gasteiger charge is -2.16. The number of hydrogen-bond donors (Lipinski definition) is 0. The minimum atomic E-state index is -3.69. The molecular formula is C10H15NO5S2. The average molecular weight is 293 g/mol. The van der Waals surface area contributed by atoms with Crippen LogP contribution in [0.3, 0.4) is 0 Å². The standard InChI is InChI=1S/C10H15NO5S2/c1-11(5-6-15-2)18(13,14)8-4-7-17-9(8)10(12)16-3/h4,7H,5-6H2,1-3H3. The Morgan fingerprint density at radius 1 is 1.44 bits per heavy atom. The lowest BCUT2D eigenvalue weighted by Crippen LogP contribution is -2.30. The van der Waals surface area contributed by atoms with Gasteiger partial charge in [-0.3, -0.25) is 0 Å². The molecule has 0 amide bonds. The van der Waals surface area contributed by atoms with Gasteiger partial charge in [0.25, 0.3) is 0 Å². The second-order valence-electron chi connectivity index (χ2n) is 3.42. The number of hydrogen-bond acceptors (Lipinski definition) is 6. The summed E-state index contributed by atoms with van der Waals surface area (Å²) in [6.45, 7) is 0.503. The summed E-state index contributed by atoms with van der Waals surface area (Å²) in [6.07, 6.45) is 0. The molecule has 0 aliphatic rings. The second-order valence-corrected chi connectivity index (χ2v) is 6.35. The number of thiophene rings is 1. The fourth-order valence-electron chi connectivity index (χ4n) is 1.25. The Labute approximate surface area is 110 Å². The largest absolute Gasteiger partial charge is 0.465 e. The van der Waals surface area contributed by atoms with Crippen molar-refractivity contribution in [3.8, 4) is 0 Å². The Kier molecular flexibility index (Phi) is 5.27. The van der Waals surface area contributed by atoms with E-state index in [-0.39, 0.29) is 22.9 Å². The number of carbonyl (C=O) groups excluding carboxylic acids is 1. The first-order chi connectivity index (χ1) is 8.45. The van der Waals surface area contributed by atoms with Crippen LogP contribution in [0.2, 0.25) is 0 Å². The molecule has 0 fully saturated rings. The van der Waals surface area contributed by atoms with E-state index in [9.17, 15) is 13.2 Å². The van der Waals surface area contributed by atoms with Gasteiger partial charge in [0.1, 0.15) is 9.77 Å². The van der Waals surface area contributed by atoms with Crippen molar-refractivity contribution in [1.29, 1.82) is 0 Å². The summed E-state index contributed by atoms with van der Waals surface area (Å²) >= 11 is 1.04. The van der Waals surface area contributed by atoms with Gasteiger partial charge in [-0.15, -0.1) is 11.3 Å². The van der Waals surface area contributed by atoms with Crippen LogP contribution >= 0.6 is 11.3 Å². The van der Waals surface area contributed by atoms with Gasteiger partial charge in [-0.25, -0.2) is 13.2 Å². The zero-order chi connectivity index (χ0) is 13.8. The van der Waals surface area contributed by atoms with Gasteiger partial charge < -0.3 is 9.47 Å². The molecule has 0 radical (unpaired) electrons. The molecule has 0 aliphatic carbocycles. The van der Waals surface area contributed by atoms with E-state index in [1.165, 1.54) is 27.3 Å². The predicted molar refractivity (Wildman–Crippen MR) is 67.4 cm³/mol. The number of rotatable bonds is 6. The van der Waals surface area contributed by atoms with E-state index < -0.39 is 16.0 Å². The minimum absolute atomic E-state index is 0.0297. The number of likely N-dealkylation sites (N-methyl/N-ethyl adjacent to an activating group) is 1. The molecule has 1 aromatic rings. The second kappa shape index (κ2) is 6.28. The number of sulfonamides is 1. The number of methoxy groups -OCH3 is 2. The third-order valence-corrected chi connectivity index (χ3v) is 5.22. The Balaban J connectivity index is 3.05. The SMILES string of the molecule is COCCN(C)S(=O)(=O)c1ccsc1C(=O)OC. The fourth-order valence-corrected chi connectivity index (χ4v) is 3.71. The van der Waals surface area contributed by atoms with Crippen LogP contribution in [0.25, 0.3) is 0 Å². The highest BCUT2D eigenvalue weighted by atomic mass is 32.2. The predicted octanol–water partition coefficient (Wildman–Crippen LogP) is 0.802. The van der Waals surface area contributed by atoms with Gasteiger partial charge in [-0.2, -0.15) is 4.31 Å². The Morgan fingerprint density at radius 2 is 2.11 bits per heavy atom. The van der Waals surface area contributed by atoms with Gasteiger partial charge in [0.05, 0.1) is 13.7 Å². The van der Waals surface area contributed by atoms with Crippen LogP contribution < -0.4 is 0 Å². The van der Waals surface area contributed by atoms with E-state index in [1.807, 2.05) is 0 Å². The third-order valence-electron chi connectivity index (χ3n) is 2.30. The molecule has 0 saturated heterocycles. The van der Waals surface area contributed by atoms with Crippen LogP contribution in [-0.4, -0.2) is 53.1 Å². The van der Waals surface area contributed by atoms with E-state index in [4.69, 9.17) is 4.74 Å². The van der Waals surface area contributed by atoms with E-state index in [0.717, 1.165) is 15.6 Å². The Bertz CT molecular complexity index is 508. The maximum Gasteiger partial charge on any atom is 0.349 e. The van der Waals surface area contributed by atoms with Crippen molar-refractivity contribution in [2.45, 2.75) is 4.90 Å². The van der Waals surface area contributed by atoms with Crippen LogP contribution in [-0.2, 0) is 19.5 Å². The molecule has 0 bridgehead atoms. The molecule has 6 nitrogen and oxygen atoms in total. The zero-order valence-electron chi connectivity index (χ0n) is 10.4. The Morgan fingerprint density at radius 3 is 2.67 bits per heavy atom. The molecule has 1 aromatic heterocycles. The maximum absolute atomic E-state index is 12.2. The summed E-state index contributed by atoms with van der Waals surface area (Å²) < 4.78 is 34.9. The first kappa shape index (κ1) is 15.1. The molecule has 0 saturated carbocycles. The fraction of sp³-hybridized carbons (Fsp3) is 0.500. The molecular weight excluding hydrogens is 278 g/mol. The molecule has 1 rings (SSSR count). The van der Waals surface area contributed by atoms with E-state index in [0.29, 0.717) is 0 Å². The summed E-state index contributed by atoms with van der Waals surface area (Å²) in [7, 11) is 0.453. The lowest BCUT2D eigenvalue weighted by atomic mass is 10.5. The molecule has 8 heteroatoms. The first-order valence-corrected chi connectivity index (χ1v) is 7.38. The molecule has 0 spiro atoms. The number of esters is 1. The summed E-state index contributed by atoms with van der Waals surface area (Å²) in [5, 5.41) is 1.54. The maximum atomic E-state index is 12.2. The first-order valence-electron chi connectivity index (χ1n) is 5.06. The molecule has 0 atom stereocenters. The Hall–Kier alpha value is -0.960. The van der Waals surface area contributed by atoms with Crippen LogP contribution in [0.4, 0.5) is 0 Å². The van der Waals surface area contributed by atoms with Crippen molar-refractivity contribution in [2.24, 2.45) is 0 Å². The zero-order valence-corrected chi connectivity index (χ0v) is 12.0. The van der Waals surface area contributed by atoms with Crippen molar-refractivity contribution in [3.05, 3.63) is 16.3 Å². The van der Waals surface area contributed by atoms with Gasteiger partial charge in [0, 0.05) is 20.7 Å². The van der Waals surface area contributed by atoms with Crippen LogP contribution in [0.15, 0.2) is 16.3 Å². The average Bonchev–Trinajstić information content (AvgIpc) is 2.84. The molecule has 0 aromatic carbocycles. The summed E-state index contributed by atoms with van der Waals surface area (Å²) in [5.74, 6) is -0.649. The van der Waals surface area contributed by atoms with E-state index in [1.54, 1.807) is 5.38 Å². The van der Waals surface area contributed by atoms with Crippen molar-refractivity contribution in [3.63, 3.8) is 0 Å². The van der Waals surface area contributed by atoms with Gasteiger partial charge >= 0.3 is 5.97 Å². The monoisotopic (exact) mass is 293 g/mol. The number of carbonyl (C=O) groups is 1. The third kappa shape index (κ3) is 3.08. The van der Waals surface area contributed by atoms with Gasteiger partial charge in [-0.1, -0.05) is 0 Å². The normalized spacial score (nSPS) is 11.8. The van der Waals surface area contributed by atoms with Crippen LogP contribution in [0.1, 0.15) is 9.67 Å². The number of ether oxygens (including phenoxy) is 2. The van der Waals surface area contributed by atoms with Crippen molar-refractivity contribution < 1.29 is 22.7 Å². The number of nitrogens with zero attached hydrogens (tertiary/aromatic N) is 1. The molecule has 18 heavy (non-hydrogen) atoms. The molecule has 0 unspecified atom stereocenters. The molecule has 102 valence electrons. The van der Waals surface area contributed by atoms with Crippen molar-refractivity contribution in [2.75, 3.05) is 34.4 Å². The van der Waals surface area contributed by atoms with Crippen LogP contribution in [0, 0.1) is 0 Å². The highest BCUT2D eigenvalue weighted by Crippen LogP contribution is 2.25. The summed E-state index contributed by atoms with van der Waals surface area (Å²) in [5.41, 5.74) is 0. The summed E-state index contributed by atoms with van der Waals surface area (Å²) in [6, 6.07) is 1.40. The quantitative estimate of drug-likeness (QED) is 0.725. The van der Waals surface area contributed by atoms with Gasteiger partial charge in [-0.05, 0) is 11.4 Å². The molecule has 0 N–H and O–H groups in total. The van der Waals surface area contributed by atoms with E-state index >= 15 is 0 Å². The highest BCUT2D eigenvalue weighted by Gasteiger charge is 2.28.